The minimum Gasteiger partial charge on any atom is -0.380 e. The third-order valence-corrected chi connectivity index (χ3v) is 6.82. The molecular formula is C21H31N5O2Si. The summed E-state index contributed by atoms with van der Waals surface area (Å²) in [4.78, 5) is 19.9. The molecule has 1 atom stereocenters. The molecule has 0 aromatic carbocycles. The zero-order valence-electron chi connectivity index (χ0n) is 17.8. The molecule has 0 amide bonds. The molecule has 0 saturated carbocycles. The van der Waals surface area contributed by atoms with E-state index in [-0.39, 0.29) is 6.04 Å². The lowest BCUT2D eigenvalue weighted by Gasteiger charge is -2.15. The maximum Gasteiger partial charge on any atom is 0.144 e. The molecule has 156 valence electrons. The number of fused-ring (bicyclic) bond motifs is 1. The average Bonchev–Trinajstić information content (AvgIpc) is 3.32. The first-order chi connectivity index (χ1) is 13.9. The minimum atomic E-state index is -1.06. The first-order valence-electron chi connectivity index (χ1n) is 10.3. The third-order valence-electron chi connectivity index (χ3n) is 5.12. The summed E-state index contributed by atoms with van der Waals surface area (Å²) in [5, 5.41) is 5.46. The first kappa shape index (κ1) is 21.4. The Morgan fingerprint density at radius 1 is 1.24 bits per heavy atom. The fraction of sp³-hybridized carbons (Fsp3) is 0.524. The van der Waals surface area contributed by atoms with Crippen LogP contribution in [0, 0.1) is 0 Å². The molecule has 3 heterocycles. The highest BCUT2D eigenvalue weighted by Gasteiger charge is 2.15. The molecule has 3 aromatic rings. The number of hydrogen-bond donors (Lipinski definition) is 0. The van der Waals surface area contributed by atoms with Crippen LogP contribution in [0.4, 0.5) is 0 Å². The van der Waals surface area contributed by atoms with Gasteiger partial charge in [-0.15, -0.1) is 0 Å². The van der Waals surface area contributed by atoms with E-state index in [1.165, 1.54) is 6.04 Å². The zero-order valence-corrected chi connectivity index (χ0v) is 18.8. The quantitative estimate of drug-likeness (QED) is 0.268. The van der Waals surface area contributed by atoms with Crippen molar-refractivity contribution in [3.05, 3.63) is 31.0 Å². The molecule has 0 bridgehead atoms. The molecule has 0 aliphatic heterocycles. The summed E-state index contributed by atoms with van der Waals surface area (Å²) >= 11 is 0. The van der Waals surface area contributed by atoms with Gasteiger partial charge >= 0.3 is 0 Å². The van der Waals surface area contributed by atoms with Gasteiger partial charge in [-0.25, -0.2) is 9.97 Å². The number of rotatable bonds is 11. The van der Waals surface area contributed by atoms with E-state index < -0.39 is 8.07 Å². The van der Waals surface area contributed by atoms with E-state index in [4.69, 9.17) is 4.74 Å². The van der Waals surface area contributed by atoms with Gasteiger partial charge in [-0.05, 0) is 18.5 Å². The number of ether oxygens (including phenoxy) is 1. The summed E-state index contributed by atoms with van der Waals surface area (Å²) in [6.07, 6.45) is 9.68. The SMILES string of the molecule is CCC(CC=O)n1cc(-c2ncnc3c2ccn3CCOCC[Si](C)(C)C)cn1. The van der Waals surface area contributed by atoms with E-state index in [2.05, 4.69) is 46.2 Å². The highest BCUT2D eigenvalue weighted by molar-refractivity contribution is 6.76. The van der Waals surface area contributed by atoms with Gasteiger partial charge in [0.2, 0.25) is 0 Å². The fourth-order valence-electron chi connectivity index (χ4n) is 3.29. The van der Waals surface area contributed by atoms with Crippen LogP contribution in [-0.4, -0.2) is 51.9 Å². The van der Waals surface area contributed by atoms with Gasteiger partial charge in [0.1, 0.15) is 18.3 Å². The maximum absolute atomic E-state index is 10.9. The molecule has 29 heavy (non-hydrogen) atoms. The monoisotopic (exact) mass is 413 g/mol. The molecule has 0 spiro atoms. The first-order valence-corrected chi connectivity index (χ1v) is 14.0. The highest BCUT2D eigenvalue weighted by atomic mass is 28.3. The topological polar surface area (TPSA) is 74.8 Å². The number of nitrogens with zero attached hydrogens (tertiary/aromatic N) is 5. The van der Waals surface area contributed by atoms with Gasteiger partial charge in [0, 0.05) is 51.0 Å². The Morgan fingerprint density at radius 2 is 2.07 bits per heavy atom. The van der Waals surface area contributed by atoms with Crippen molar-refractivity contribution in [1.29, 1.82) is 0 Å². The predicted molar refractivity (Wildman–Crippen MR) is 118 cm³/mol. The third kappa shape index (κ3) is 5.39. The number of carbonyl (C=O) groups excluding carboxylic acids is 1. The van der Waals surface area contributed by atoms with Crippen LogP contribution in [-0.2, 0) is 16.1 Å². The van der Waals surface area contributed by atoms with Crippen LogP contribution in [0.15, 0.2) is 31.0 Å². The molecule has 0 N–H and O–H groups in total. The van der Waals surface area contributed by atoms with Gasteiger partial charge in [0.15, 0.2) is 0 Å². The van der Waals surface area contributed by atoms with E-state index in [9.17, 15) is 4.79 Å². The highest BCUT2D eigenvalue weighted by Crippen LogP contribution is 2.27. The summed E-state index contributed by atoms with van der Waals surface area (Å²) in [5.41, 5.74) is 2.70. The summed E-state index contributed by atoms with van der Waals surface area (Å²) in [7, 11) is -1.06. The minimum absolute atomic E-state index is 0.0801. The van der Waals surface area contributed by atoms with E-state index in [1.54, 1.807) is 6.33 Å². The average molecular weight is 414 g/mol. The van der Waals surface area contributed by atoms with Crippen LogP contribution in [0.5, 0.6) is 0 Å². The van der Waals surface area contributed by atoms with Crippen molar-refractivity contribution in [2.24, 2.45) is 0 Å². The lowest BCUT2D eigenvalue weighted by atomic mass is 10.1. The van der Waals surface area contributed by atoms with Crippen molar-refractivity contribution in [3.63, 3.8) is 0 Å². The van der Waals surface area contributed by atoms with Gasteiger partial charge in [-0.2, -0.15) is 5.10 Å². The molecule has 0 radical (unpaired) electrons. The van der Waals surface area contributed by atoms with Crippen LogP contribution in [0.2, 0.25) is 25.7 Å². The fourth-order valence-corrected chi connectivity index (χ4v) is 4.05. The van der Waals surface area contributed by atoms with Gasteiger partial charge in [-0.1, -0.05) is 26.6 Å². The molecular weight excluding hydrogens is 382 g/mol. The molecule has 0 aliphatic rings. The van der Waals surface area contributed by atoms with E-state index in [0.29, 0.717) is 13.0 Å². The van der Waals surface area contributed by atoms with Crippen LogP contribution < -0.4 is 0 Å². The number of carbonyl (C=O) groups is 1. The van der Waals surface area contributed by atoms with Crippen molar-refractivity contribution in [2.45, 2.75) is 58.0 Å². The van der Waals surface area contributed by atoms with E-state index in [0.717, 1.165) is 48.1 Å². The molecule has 7 nitrogen and oxygen atoms in total. The Bertz CT molecular complexity index is 944. The van der Waals surface area contributed by atoms with E-state index in [1.807, 2.05) is 29.3 Å². The summed E-state index contributed by atoms with van der Waals surface area (Å²) in [5.74, 6) is 0. The Morgan fingerprint density at radius 3 is 2.79 bits per heavy atom. The van der Waals surface area contributed by atoms with Gasteiger partial charge in [0.05, 0.1) is 24.5 Å². The number of hydrogen-bond acceptors (Lipinski definition) is 5. The summed E-state index contributed by atoms with van der Waals surface area (Å²) < 4.78 is 9.81. The number of aromatic nitrogens is 5. The normalized spacial score (nSPS) is 13.1. The van der Waals surface area contributed by atoms with Gasteiger partial charge in [0.25, 0.3) is 0 Å². The molecule has 0 fully saturated rings. The largest absolute Gasteiger partial charge is 0.380 e. The molecule has 8 heteroatoms. The standard InChI is InChI=1S/C21H31N5O2Si/c1-5-18(7-10-27)26-15-17(14-24-26)20-19-6-8-25(21(19)23-16-22-20)9-11-28-12-13-29(2,3)4/h6,8,10,14-16,18H,5,7,9,11-13H2,1-4H3. The van der Waals surface area contributed by atoms with Crippen molar-refractivity contribution in [3.8, 4) is 11.3 Å². The molecule has 1 unspecified atom stereocenters. The number of aldehydes is 1. The Kier molecular flexibility index (Phi) is 6.97. The van der Waals surface area contributed by atoms with Crippen molar-refractivity contribution in [1.82, 2.24) is 24.3 Å². The maximum atomic E-state index is 10.9. The lowest BCUT2D eigenvalue weighted by Crippen LogP contribution is -2.22. The van der Waals surface area contributed by atoms with Crippen LogP contribution in [0.25, 0.3) is 22.3 Å². The van der Waals surface area contributed by atoms with E-state index >= 15 is 0 Å². The second kappa shape index (κ2) is 9.45. The van der Waals surface area contributed by atoms with Crippen molar-refractivity contribution >= 4 is 25.4 Å². The molecule has 3 aromatic heterocycles. The molecule has 0 saturated heterocycles. The smallest absolute Gasteiger partial charge is 0.144 e. The van der Waals surface area contributed by atoms with Crippen LogP contribution in [0.1, 0.15) is 25.8 Å². The predicted octanol–water partition coefficient (Wildman–Crippen LogP) is 4.19. The van der Waals surface area contributed by atoms with Gasteiger partial charge in [-0.3, -0.25) is 4.68 Å². The van der Waals surface area contributed by atoms with Crippen LogP contribution in [0.3, 0.4) is 0 Å². The molecule has 0 aliphatic carbocycles. The Hall–Kier alpha value is -2.32. The summed E-state index contributed by atoms with van der Waals surface area (Å²) in [6, 6.07) is 3.31. The van der Waals surface area contributed by atoms with Gasteiger partial charge < -0.3 is 14.1 Å². The van der Waals surface area contributed by atoms with Crippen molar-refractivity contribution in [2.75, 3.05) is 13.2 Å². The Balaban J connectivity index is 1.73. The van der Waals surface area contributed by atoms with Crippen LogP contribution >= 0.6 is 0 Å². The second-order valence-corrected chi connectivity index (χ2v) is 14.2. The summed E-state index contributed by atoms with van der Waals surface area (Å²) in [6.45, 7) is 11.4. The zero-order chi connectivity index (χ0) is 20.9. The molecule has 3 rings (SSSR count). The second-order valence-electron chi connectivity index (χ2n) is 8.57. The van der Waals surface area contributed by atoms with Crippen molar-refractivity contribution < 1.29 is 9.53 Å². The lowest BCUT2D eigenvalue weighted by molar-refractivity contribution is -0.108. The Labute approximate surface area is 173 Å².